The van der Waals surface area contributed by atoms with Crippen molar-refractivity contribution in [2.45, 2.75) is 18.3 Å². The molecule has 0 aliphatic heterocycles. The van der Waals surface area contributed by atoms with Crippen LogP contribution < -0.4 is 5.32 Å². The highest BCUT2D eigenvalue weighted by molar-refractivity contribution is 7.22. The molecule has 1 fully saturated rings. The minimum atomic E-state index is -0.633. The molecule has 7 heteroatoms. The SMILES string of the molecule is O=C(Nc1nc2ccc(Cl)cc2s1)C1(c2cc(-c3ccccc3)on2)CC1. The molecule has 0 bridgehead atoms. The lowest BCUT2D eigenvalue weighted by Gasteiger charge is -2.10. The Balaban J connectivity index is 1.40. The molecule has 0 spiro atoms. The van der Waals surface area contributed by atoms with Gasteiger partial charge in [-0.3, -0.25) is 4.79 Å². The maximum Gasteiger partial charge on any atom is 0.238 e. The molecule has 27 heavy (non-hydrogen) atoms. The number of nitrogens with one attached hydrogen (secondary N) is 1. The average Bonchev–Trinajstić information content (AvgIpc) is 3.17. The molecular formula is C20H14ClN3O2S. The Kier molecular flexibility index (Phi) is 3.77. The zero-order chi connectivity index (χ0) is 18.4. The predicted octanol–water partition coefficient (Wildman–Crippen LogP) is 5.28. The Morgan fingerprint density at radius 1 is 1.15 bits per heavy atom. The van der Waals surface area contributed by atoms with E-state index in [-0.39, 0.29) is 5.91 Å². The van der Waals surface area contributed by atoms with Crippen LogP contribution in [0.2, 0.25) is 5.02 Å². The third kappa shape index (κ3) is 2.91. The summed E-state index contributed by atoms with van der Waals surface area (Å²) in [4.78, 5) is 17.4. The van der Waals surface area contributed by atoms with Crippen LogP contribution >= 0.6 is 22.9 Å². The van der Waals surface area contributed by atoms with Crippen LogP contribution in [0.5, 0.6) is 0 Å². The van der Waals surface area contributed by atoms with Crippen molar-refractivity contribution in [3.05, 3.63) is 65.3 Å². The van der Waals surface area contributed by atoms with E-state index in [9.17, 15) is 4.79 Å². The van der Waals surface area contributed by atoms with Crippen LogP contribution in [0.15, 0.2) is 59.1 Å². The van der Waals surface area contributed by atoms with Crippen molar-refractivity contribution in [3.8, 4) is 11.3 Å². The van der Waals surface area contributed by atoms with Crippen LogP contribution in [-0.2, 0) is 10.2 Å². The van der Waals surface area contributed by atoms with E-state index in [0.717, 1.165) is 28.6 Å². The van der Waals surface area contributed by atoms with Crippen molar-refractivity contribution < 1.29 is 9.32 Å². The van der Waals surface area contributed by atoms with Gasteiger partial charge in [0, 0.05) is 16.7 Å². The van der Waals surface area contributed by atoms with E-state index in [2.05, 4.69) is 15.5 Å². The lowest BCUT2D eigenvalue weighted by atomic mass is 10.0. The molecule has 1 aliphatic rings. The molecule has 1 saturated carbocycles. The Bertz CT molecular complexity index is 1150. The molecule has 5 rings (SSSR count). The van der Waals surface area contributed by atoms with Crippen molar-refractivity contribution in [1.82, 2.24) is 10.1 Å². The maximum absolute atomic E-state index is 12.9. The molecule has 0 unspecified atom stereocenters. The van der Waals surface area contributed by atoms with Crippen molar-refractivity contribution in [1.29, 1.82) is 0 Å². The first kappa shape index (κ1) is 16.5. The highest BCUT2D eigenvalue weighted by atomic mass is 35.5. The van der Waals surface area contributed by atoms with Crippen LogP contribution in [0.4, 0.5) is 5.13 Å². The molecule has 1 N–H and O–H groups in total. The van der Waals surface area contributed by atoms with Gasteiger partial charge in [-0.2, -0.15) is 0 Å². The molecule has 134 valence electrons. The van der Waals surface area contributed by atoms with Gasteiger partial charge in [-0.1, -0.05) is 58.4 Å². The monoisotopic (exact) mass is 395 g/mol. The number of carbonyl (C=O) groups excluding carboxylic acids is 1. The van der Waals surface area contributed by atoms with Crippen LogP contribution in [0.1, 0.15) is 18.5 Å². The largest absolute Gasteiger partial charge is 0.356 e. The smallest absolute Gasteiger partial charge is 0.238 e. The number of rotatable bonds is 4. The summed E-state index contributed by atoms with van der Waals surface area (Å²) in [5.41, 5.74) is 1.79. The van der Waals surface area contributed by atoms with E-state index in [4.69, 9.17) is 16.1 Å². The van der Waals surface area contributed by atoms with E-state index in [1.807, 2.05) is 48.5 Å². The lowest BCUT2D eigenvalue weighted by Crippen LogP contribution is -2.28. The van der Waals surface area contributed by atoms with Gasteiger partial charge in [-0.25, -0.2) is 4.98 Å². The summed E-state index contributed by atoms with van der Waals surface area (Å²) in [6.07, 6.45) is 1.49. The van der Waals surface area contributed by atoms with E-state index in [1.54, 1.807) is 6.07 Å². The minimum Gasteiger partial charge on any atom is -0.356 e. The molecule has 1 aliphatic carbocycles. The average molecular weight is 396 g/mol. The number of aromatic nitrogens is 2. The Morgan fingerprint density at radius 2 is 1.96 bits per heavy atom. The molecule has 0 saturated heterocycles. The van der Waals surface area contributed by atoms with E-state index in [1.165, 1.54) is 11.3 Å². The lowest BCUT2D eigenvalue weighted by molar-refractivity contribution is -0.118. The van der Waals surface area contributed by atoms with Gasteiger partial charge in [-0.05, 0) is 31.0 Å². The fraction of sp³-hybridized carbons (Fsp3) is 0.150. The first-order valence-corrected chi connectivity index (χ1v) is 9.74. The van der Waals surface area contributed by atoms with Gasteiger partial charge in [0.15, 0.2) is 10.9 Å². The number of hydrogen-bond donors (Lipinski definition) is 1. The summed E-state index contributed by atoms with van der Waals surface area (Å²) >= 11 is 7.43. The molecule has 0 radical (unpaired) electrons. The molecule has 5 nitrogen and oxygen atoms in total. The van der Waals surface area contributed by atoms with Gasteiger partial charge in [0.2, 0.25) is 5.91 Å². The van der Waals surface area contributed by atoms with E-state index < -0.39 is 5.41 Å². The molecule has 2 heterocycles. The Hall–Kier alpha value is -2.70. The number of nitrogens with zero attached hydrogens (tertiary/aromatic N) is 2. The summed E-state index contributed by atoms with van der Waals surface area (Å²) in [7, 11) is 0. The summed E-state index contributed by atoms with van der Waals surface area (Å²) < 4.78 is 6.42. The zero-order valence-electron chi connectivity index (χ0n) is 14.1. The van der Waals surface area contributed by atoms with Gasteiger partial charge in [-0.15, -0.1) is 0 Å². The fourth-order valence-electron chi connectivity index (χ4n) is 3.13. The number of benzene rings is 2. The molecular weight excluding hydrogens is 382 g/mol. The Morgan fingerprint density at radius 3 is 2.74 bits per heavy atom. The highest BCUT2D eigenvalue weighted by Crippen LogP contribution is 2.49. The summed E-state index contributed by atoms with van der Waals surface area (Å²) in [5, 5.41) is 8.34. The molecule has 4 aromatic rings. The van der Waals surface area contributed by atoms with E-state index in [0.29, 0.717) is 21.6 Å². The van der Waals surface area contributed by atoms with Gasteiger partial charge in [0.05, 0.1) is 21.3 Å². The number of fused-ring (bicyclic) bond motifs is 1. The Labute approximate surface area is 164 Å². The summed E-state index contributed by atoms with van der Waals surface area (Å²) in [5.74, 6) is 0.569. The van der Waals surface area contributed by atoms with Crippen LogP contribution in [-0.4, -0.2) is 16.0 Å². The van der Waals surface area contributed by atoms with Gasteiger partial charge >= 0.3 is 0 Å². The second-order valence-electron chi connectivity index (χ2n) is 6.61. The molecule has 1 amide bonds. The first-order valence-electron chi connectivity index (χ1n) is 8.54. The van der Waals surface area contributed by atoms with E-state index >= 15 is 0 Å². The van der Waals surface area contributed by atoms with Gasteiger partial charge in [0.1, 0.15) is 0 Å². The number of carbonyl (C=O) groups is 1. The summed E-state index contributed by atoms with van der Waals surface area (Å²) in [6.45, 7) is 0. The normalized spacial score (nSPS) is 15.0. The number of amides is 1. The molecule has 0 atom stereocenters. The van der Waals surface area contributed by atoms with Crippen molar-refractivity contribution >= 4 is 44.2 Å². The second-order valence-corrected chi connectivity index (χ2v) is 8.08. The maximum atomic E-state index is 12.9. The highest BCUT2D eigenvalue weighted by Gasteiger charge is 2.54. The third-order valence-electron chi connectivity index (χ3n) is 4.81. The van der Waals surface area contributed by atoms with Crippen molar-refractivity contribution in [3.63, 3.8) is 0 Å². The zero-order valence-corrected chi connectivity index (χ0v) is 15.7. The van der Waals surface area contributed by atoms with Crippen molar-refractivity contribution in [2.24, 2.45) is 0 Å². The van der Waals surface area contributed by atoms with Crippen molar-refractivity contribution in [2.75, 3.05) is 5.32 Å². The third-order valence-corrected chi connectivity index (χ3v) is 5.98. The minimum absolute atomic E-state index is 0.0967. The standard InChI is InChI=1S/C20H14ClN3O2S/c21-13-6-7-14-16(10-13)27-19(22-14)23-18(25)20(8-9-20)17-11-15(26-24-17)12-4-2-1-3-5-12/h1-7,10-11H,8-9H2,(H,22,23,25). The first-order chi connectivity index (χ1) is 13.1. The fourth-order valence-corrected chi connectivity index (χ4v) is 4.27. The van der Waals surface area contributed by atoms with Gasteiger partial charge in [0.25, 0.3) is 0 Å². The number of thiazole rings is 1. The summed E-state index contributed by atoms with van der Waals surface area (Å²) in [6, 6.07) is 17.1. The quantitative estimate of drug-likeness (QED) is 0.510. The number of anilines is 1. The van der Waals surface area contributed by atoms with Crippen LogP contribution in [0, 0.1) is 0 Å². The van der Waals surface area contributed by atoms with Gasteiger partial charge < -0.3 is 9.84 Å². The number of hydrogen-bond acceptors (Lipinski definition) is 5. The van der Waals surface area contributed by atoms with Crippen LogP contribution in [0.25, 0.3) is 21.5 Å². The molecule has 2 aromatic carbocycles. The predicted molar refractivity (Wildman–Crippen MR) is 106 cm³/mol. The second kappa shape index (κ2) is 6.18. The topological polar surface area (TPSA) is 68.0 Å². The molecule has 2 aromatic heterocycles. The van der Waals surface area contributed by atoms with Crippen LogP contribution in [0.3, 0.4) is 0 Å². The number of halogens is 1.